The van der Waals surface area contributed by atoms with Crippen LogP contribution in [0.15, 0.2) is 59.5 Å². The van der Waals surface area contributed by atoms with Crippen LogP contribution in [0.25, 0.3) is 6.08 Å². The Bertz CT molecular complexity index is 875. The fraction of sp³-hybridized carbons (Fsp3) is 0.167. The van der Waals surface area contributed by atoms with E-state index in [9.17, 15) is 17.6 Å². The molecule has 2 N–H and O–H groups in total. The summed E-state index contributed by atoms with van der Waals surface area (Å²) in [4.78, 5) is 12.0. The zero-order valence-electron chi connectivity index (χ0n) is 13.9. The van der Waals surface area contributed by atoms with Crippen LogP contribution < -0.4 is 10.0 Å². The van der Waals surface area contributed by atoms with Gasteiger partial charge in [0.25, 0.3) is 0 Å². The van der Waals surface area contributed by atoms with Gasteiger partial charge in [-0.3, -0.25) is 4.79 Å². The van der Waals surface area contributed by atoms with E-state index in [1.165, 1.54) is 48.6 Å². The monoisotopic (exact) mass is 362 g/mol. The van der Waals surface area contributed by atoms with Gasteiger partial charge in [-0.25, -0.2) is 17.5 Å². The fourth-order valence-corrected chi connectivity index (χ4v) is 3.31. The van der Waals surface area contributed by atoms with Crippen molar-refractivity contribution in [3.8, 4) is 0 Å². The van der Waals surface area contributed by atoms with Crippen LogP contribution in [-0.2, 0) is 14.8 Å². The number of anilines is 1. The van der Waals surface area contributed by atoms with Crippen LogP contribution in [0.4, 0.5) is 10.1 Å². The van der Waals surface area contributed by atoms with E-state index >= 15 is 0 Å². The number of halogens is 1. The smallest absolute Gasteiger partial charge is 0.248 e. The minimum absolute atomic E-state index is 0.120. The summed E-state index contributed by atoms with van der Waals surface area (Å²) in [5.74, 6) is -0.783. The zero-order valence-corrected chi connectivity index (χ0v) is 14.7. The summed E-state index contributed by atoms with van der Waals surface area (Å²) in [6, 6.07) is 11.5. The molecule has 0 aromatic heterocycles. The number of benzene rings is 2. The Labute approximate surface area is 146 Å². The first-order valence-electron chi connectivity index (χ1n) is 7.63. The minimum atomic E-state index is -3.57. The quantitative estimate of drug-likeness (QED) is 0.775. The Kier molecular flexibility index (Phi) is 6.06. The van der Waals surface area contributed by atoms with Gasteiger partial charge < -0.3 is 5.32 Å². The molecule has 2 aromatic rings. The molecule has 25 heavy (non-hydrogen) atoms. The summed E-state index contributed by atoms with van der Waals surface area (Å²) in [5, 5.41) is 2.61. The molecule has 132 valence electrons. The molecule has 0 heterocycles. The first-order chi connectivity index (χ1) is 11.8. The van der Waals surface area contributed by atoms with Crippen molar-refractivity contribution in [1.29, 1.82) is 0 Å². The summed E-state index contributed by atoms with van der Waals surface area (Å²) in [5.41, 5.74) is 1.02. The van der Waals surface area contributed by atoms with Crippen LogP contribution >= 0.6 is 0 Å². The average molecular weight is 362 g/mol. The Morgan fingerprint density at radius 3 is 2.40 bits per heavy atom. The second kappa shape index (κ2) is 8.04. The molecule has 0 unspecified atom stereocenters. The summed E-state index contributed by atoms with van der Waals surface area (Å²) in [6.45, 7) is 3.47. The number of amides is 1. The molecular formula is C18H19FN2O3S. The van der Waals surface area contributed by atoms with Crippen molar-refractivity contribution in [2.24, 2.45) is 0 Å². The van der Waals surface area contributed by atoms with Crippen molar-refractivity contribution in [3.05, 3.63) is 66.0 Å². The summed E-state index contributed by atoms with van der Waals surface area (Å²) in [6.07, 6.45) is 2.77. The van der Waals surface area contributed by atoms with Gasteiger partial charge in [0.05, 0.1) is 4.90 Å². The molecule has 0 aliphatic rings. The number of carbonyl (C=O) groups excluding carboxylic acids is 1. The second-order valence-electron chi connectivity index (χ2n) is 5.68. The van der Waals surface area contributed by atoms with Gasteiger partial charge in [-0.2, -0.15) is 0 Å². The van der Waals surface area contributed by atoms with E-state index in [1.807, 2.05) is 0 Å². The lowest BCUT2D eigenvalue weighted by atomic mass is 10.2. The van der Waals surface area contributed by atoms with Crippen molar-refractivity contribution in [2.45, 2.75) is 24.8 Å². The molecule has 0 bridgehead atoms. The minimum Gasteiger partial charge on any atom is -0.323 e. The highest BCUT2D eigenvalue weighted by Gasteiger charge is 2.14. The number of sulfonamides is 1. The Morgan fingerprint density at radius 1 is 1.12 bits per heavy atom. The van der Waals surface area contributed by atoms with Crippen molar-refractivity contribution in [2.75, 3.05) is 5.32 Å². The lowest BCUT2D eigenvalue weighted by Crippen LogP contribution is -2.30. The van der Waals surface area contributed by atoms with Crippen LogP contribution in [0.5, 0.6) is 0 Å². The van der Waals surface area contributed by atoms with Crippen LogP contribution in [0.1, 0.15) is 19.4 Å². The van der Waals surface area contributed by atoms with Gasteiger partial charge in [-0.05, 0) is 61.9 Å². The topological polar surface area (TPSA) is 75.3 Å². The molecule has 1 amide bonds. The van der Waals surface area contributed by atoms with Crippen molar-refractivity contribution >= 4 is 27.7 Å². The van der Waals surface area contributed by atoms with Crippen molar-refractivity contribution in [1.82, 2.24) is 4.72 Å². The predicted molar refractivity (Wildman–Crippen MR) is 96.0 cm³/mol. The number of nitrogens with one attached hydrogen (secondary N) is 2. The van der Waals surface area contributed by atoms with E-state index in [4.69, 9.17) is 0 Å². The third-order valence-corrected chi connectivity index (χ3v) is 4.77. The predicted octanol–water partition coefficient (Wildman–Crippen LogP) is 3.16. The highest BCUT2D eigenvalue weighted by Crippen LogP contribution is 2.14. The zero-order chi connectivity index (χ0) is 18.4. The third kappa shape index (κ3) is 5.81. The third-order valence-electron chi connectivity index (χ3n) is 3.10. The van der Waals surface area contributed by atoms with E-state index in [1.54, 1.807) is 26.0 Å². The molecule has 2 aromatic carbocycles. The Hall–Kier alpha value is -2.51. The van der Waals surface area contributed by atoms with Gasteiger partial charge >= 0.3 is 0 Å². The van der Waals surface area contributed by atoms with Crippen LogP contribution in [0.3, 0.4) is 0 Å². The molecule has 0 aliphatic heterocycles. The maximum absolute atomic E-state index is 13.1. The maximum atomic E-state index is 13.1. The van der Waals surface area contributed by atoms with Crippen LogP contribution in [0, 0.1) is 5.82 Å². The number of carbonyl (C=O) groups is 1. The van der Waals surface area contributed by atoms with Gasteiger partial charge in [-0.1, -0.05) is 12.1 Å². The number of hydrogen-bond acceptors (Lipinski definition) is 3. The lowest BCUT2D eigenvalue weighted by Gasteiger charge is -2.10. The highest BCUT2D eigenvalue weighted by atomic mass is 32.2. The normalized spacial score (nSPS) is 11.8. The Balaban J connectivity index is 2.02. The van der Waals surface area contributed by atoms with E-state index in [2.05, 4.69) is 10.0 Å². The van der Waals surface area contributed by atoms with Crippen LogP contribution in [0.2, 0.25) is 0 Å². The average Bonchev–Trinajstić information content (AvgIpc) is 2.52. The summed E-state index contributed by atoms with van der Waals surface area (Å²) in [7, 11) is -3.57. The first-order valence-corrected chi connectivity index (χ1v) is 9.11. The highest BCUT2D eigenvalue weighted by molar-refractivity contribution is 7.89. The fourth-order valence-electron chi connectivity index (χ4n) is 2.06. The number of rotatable bonds is 6. The van der Waals surface area contributed by atoms with Gasteiger partial charge in [-0.15, -0.1) is 0 Å². The second-order valence-corrected chi connectivity index (χ2v) is 7.39. The molecular weight excluding hydrogens is 343 g/mol. The molecule has 0 saturated carbocycles. The molecule has 0 radical (unpaired) electrons. The van der Waals surface area contributed by atoms with Crippen molar-refractivity contribution in [3.63, 3.8) is 0 Å². The van der Waals surface area contributed by atoms with E-state index in [-0.39, 0.29) is 16.8 Å². The van der Waals surface area contributed by atoms with Crippen LogP contribution in [-0.4, -0.2) is 20.4 Å². The standard InChI is InChI=1S/C18H19FN2O3S/c1-13(2)21-25(23,24)17-9-7-16(8-10-17)20-18(22)11-6-14-4-3-5-15(19)12-14/h3-13,21H,1-2H3,(H,20,22)/b11-6+. The molecule has 0 fully saturated rings. The molecule has 7 heteroatoms. The molecule has 0 saturated heterocycles. The van der Waals surface area contributed by atoms with Gasteiger partial charge in [0.15, 0.2) is 0 Å². The van der Waals surface area contributed by atoms with E-state index in [0.29, 0.717) is 11.3 Å². The Morgan fingerprint density at radius 2 is 1.80 bits per heavy atom. The first kappa shape index (κ1) is 18.8. The van der Waals surface area contributed by atoms with Gasteiger partial charge in [0.1, 0.15) is 5.82 Å². The van der Waals surface area contributed by atoms with E-state index < -0.39 is 15.9 Å². The SMILES string of the molecule is CC(C)NS(=O)(=O)c1ccc(NC(=O)/C=C/c2cccc(F)c2)cc1. The van der Waals surface area contributed by atoms with E-state index in [0.717, 1.165) is 0 Å². The molecule has 2 rings (SSSR count). The van der Waals surface area contributed by atoms with Gasteiger partial charge in [0, 0.05) is 17.8 Å². The maximum Gasteiger partial charge on any atom is 0.248 e. The molecule has 5 nitrogen and oxygen atoms in total. The summed E-state index contributed by atoms with van der Waals surface area (Å²) >= 11 is 0. The number of hydrogen-bond donors (Lipinski definition) is 2. The summed E-state index contributed by atoms with van der Waals surface area (Å²) < 4.78 is 39.6. The van der Waals surface area contributed by atoms with Crippen molar-refractivity contribution < 1.29 is 17.6 Å². The largest absolute Gasteiger partial charge is 0.323 e. The van der Waals surface area contributed by atoms with Gasteiger partial charge in [0.2, 0.25) is 15.9 Å². The molecule has 0 atom stereocenters. The molecule has 0 spiro atoms. The molecule has 0 aliphatic carbocycles. The lowest BCUT2D eigenvalue weighted by molar-refractivity contribution is -0.111.